The minimum atomic E-state index is -0.688. The second-order valence-electron chi connectivity index (χ2n) is 7.97. The summed E-state index contributed by atoms with van der Waals surface area (Å²) in [6.45, 7) is 3.29. The number of likely N-dealkylation sites (tertiary alicyclic amines) is 1. The second kappa shape index (κ2) is 7.19. The van der Waals surface area contributed by atoms with Gasteiger partial charge in [0.25, 0.3) is 0 Å². The van der Waals surface area contributed by atoms with E-state index in [9.17, 15) is 13.6 Å². The minimum Gasteiger partial charge on any atom is -0.345 e. The van der Waals surface area contributed by atoms with E-state index in [2.05, 4.69) is 26.3 Å². The molecule has 1 aliphatic heterocycles. The van der Waals surface area contributed by atoms with Crippen molar-refractivity contribution >= 4 is 22.6 Å². The number of aromatic amines is 1. The SMILES string of the molecule is CC1CCN(C(=O)Cc2ccc(F)cc2F)CC1c1ncc2cnc3[nH]ccc3n12. The standard InChI is InChI=1S/C22H21F2N5O/c1-13-5-7-28(20(30)8-14-2-3-15(23)9-18(14)24)12-17(13)22-27-11-16-10-26-21-19(29(16)22)4-6-25-21/h2-4,6,9-11,13,17,25H,5,7-8,12H2,1H3. The van der Waals surface area contributed by atoms with Gasteiger partial charge in [-0.25, -0.2) is 18.7 Å². The number of aromatic nitrogens is 4. The number of imidazole rings is 1. The van der Waals surface area contributed by atoms with Gasteiger partial charge in [0, 0.05) is 31.3 Å². The Morgan fingerprint density at radius 3 is 2.90 bits per heavy atom. The van der Waals surface area contributed by atoms with Crippen LogP contribution in [0.1, 0.15) is 30.7 Å². The first kappa shape index (κ1) is 18.7. The van der Waals surface area contributed by atoms with E-state index in [1.807, 2.05) is 12.3 Å². The van der Waals surface area contributed by atoms with Crippen molar-refractivity contribution in [2.24, 2.45) is 5.92 Å². The highest BCUT2D eigenvalue weighted by molar-refractivity contribution is 5.79. The largest absolute Gasteiger partial charge is 0.345 e. The molecule has 1 amide bonds. The van der Waals surface area contributed by atoms with Crippen LogP contribution in [0.5, 0.6) is 0 Å². The lowest BCUT2D eigenvalue weighted by atomic mass is 9.86. The number of H-pyrrole nitrogens is 1. The van der Waals surface area contributed by atoms with Crippen LogP contribution < -0.4 is 0 Å². The van der Waals surface area contributed by atoms with Crippen molar-refractivity contribution in [2.45, 2.75) is 25.7 Å². The Bertz CT molecular complexity index is 1250. The molecule has 2 unspecified atom stereocenters. The van der Waals surface area contributed by atoms with Gasteiger partial charge < -0.3 is 9.88 Å². The summed E-state index contributed by atoms with van der Waals surface area (Å²) in [6.07, 6.45) is 6.18. The number of amides is 1. The number of hydrogen-bond acceptors (Lipinski definition) is 3. The van der Waals surface area contributed by atoms with Crippen LogP contribution in [0.25, 0.3) is 16.7 Å². The fourth-order valence-electron chi connectivity index (χ4n) is 4.33. The van der Waals surface area contributed by atoms with Gasteiger partial charge in [-0.3, -0.25) is 9.20 Å². The number of fused-ring (bicyclic) bond motifs is 3. The zero-order chi connectivity index (χ0) is 20.8. The van der Waals surface area contributed by atoms with Crippen LogP contribution in [0.4, 0.5) is 8.78 Å². The Morgan fingerprint density at radius 2 is 2.07 bits per heavy atom. The second-order valence-corrected chi connectivity index (χ2v) is 7.97. The lowest BCUT2D eigenvalue weighted by molar-refractivity contribution is -0.132. The zero-order valence-electron chi connectivity index (χ0n) is 16.5. The molecule has 154 valence electrons. The van der Waals surface area contributed by atoms with E-state index in [1.54, 1.807) is 17.3 Å². The summed E-state index contributed by atoms with van der Waals surface area (Å²) in [4.78, 5) is 26.9. The molecule has 0 spiro atoms. The summed E-state index contributed by atoms with van der Waals surface area (Å²) in [5.74, 6) is -0.214. The number of carbonyl (C=O) groups excluding carboxylic acids is 1. The molecule has 1 N–H and O–H groups in total. The molecule has 4 aromatic rings. The number of nitrogens with one attached hydrogen (secondary N) is 1. The molecule has 6 nitrogen and oxygen atoms in total. The number of carbonyl (C=O) groups is 1. The molecule has 0 radical (unpaired) electrons. The van der Waals surface area contributed by atoms with Crippen LogP contribution in [0.2, 0.25) is 0 Å². The number of halogens is 2. The third-order valence-electron chi connectivity index (χ3n) is 6.09. The van der Waals surface area contributed by atoms with Crippen LogP contribution in [-0.4, -0.2) is 43.2 Å². The highest BCUT2D eigenvalue weighted by atomic mass is 19.1. The molecule has 4 heterocycles. The average Bonchev–Trinajstić information content (AvgIpc) is 3.36. The topological polar surface area (TPSA) is 66.3 Å². The first-order valence-electron chi connectivity index (χ1n) is 10.0. The van der Waals surface area contributed by atoms with Crippen molar-refractivity contribution in [1.29, 1.82) is 0 Å². The Morgan fingerprint density at radius 1 is 1.23 bits per heavy atom. The van der Waals surface area contributed by atoms with Crippen molar-refractivity contribution < 1.29 is 13.6 Å². The maximum Gasteiger partial charge on any atom is 0.227 e. The van der Waals surface area contributed by atoms with E-state index >= 15 is 0 Å². The highest BCUT2D eigenvalue weighted by Gasteiger charge is 2.33. The molecule has 0 saturated carbocycles. The molecule has 1 fully saturated rings. The molecule has 5 rings (SSSR count). The molecular formula is C22H21F2N5O. The first-order valence-corrected chi connectivity index (χ1v) is 10.0. The van der Waals surface area contributed by atoms with Crippen LogP contribution in [0, 0.1) is 17.6 Å². The summed E-state index contributed by atoms with van der Waals surface area (Å²) in [5, 5.41) is 0. The monoisotopic (exact) mass is 409 g/mol. The fraction of sp³-hybridized carbons (Fsp3) is 0.318. The van der Waals surface area contributed by atoms with Crippen molar-refractivity contribution in [3.8, 4) is 0 Å². The molecule has 30 heavy (non-hydrogen) atoms. The van der Waals surface area contributed by atoms with Gasteiger partial charge in [-0.1, -0.05) is 13.0 Å². The number of piperidine rings is 1. The summed E-state index contributed by atoms with van der Waals surface area (Å²) < 4.78 is 29.2. The third-order valence-corrected chi connectivity index (χ3v) is 6.09. The summed E-state index contributed by atoms with van der Waals surface area (Å²) in [5.41, 5.74) is 2.85. The van der Waals surface area contributed by atoms with Gasteiger partial charge in [-0.15, -0.1) is 0 Å². The van der Waals surface area contributed by atoms with Crippen molar-refractivity contribution in [2.75, 3.05) is 13.1 Å². The van der Waals surface area contributed by atoms with E-state index < -0.39 is 11.6 Å². The maximum absolute atomic E-state index is 14.0. The molecule has 3 aromatic heterocycles. The van der Waals surface area contributed by atoms with E-state index in [1.165, 1.54) is 12.1 Å². The Labute approximate surface area is 171 Å². The molecule has 2 atom stereocenters. The Balaban J connectivity index is 1.43. The molecule has 0 bridgehead atoms. The maximum atomic E-state index is 14.0. The molecule has 1 aromatic carbocycles. The van der Waals surface area contributed by atoms with Crippen LogP contribution in [-0.2, 0) is 11.2 Å². The lowest BCUT2D eigenvalue weighted by Crippen LogP contribution is -2.43. The smallest absolute Gasteiger partial charge is 0.227 e. The van der Waals surface area contributed by atoms with Gasteiger partial charge in [-0.2, -0.15) is 0 Å². The molecule has 1 saturated heterocycles. The summed E-state index contributed by atoms with van der Waals surface area (Å²) >= 11 is 0. The van der Waals surface area contributed by atoms with E-state index in [-0.39, 0.29) is 23.8 Å². The van der Waals surface area contributed by atoms with Crippen molar-refractivity contribution in [3.63, 3.8) is 0 Å². The number of nitrogens with zero attached hydrogens (tertiary/aromatic N) is 4. The van der Waals surface area contributed by atoms with E-state index in [0.717, 1.165) is 35.0 Å². The summed E-state index contributed by atoms with van der Waals surface area (Å²) in [7, 11) is 0. The number of benzene rings is 1. The van der Waals surface area contributed by atoms with Gasteiger partial charge in [-0.05, 0) is 30.0 Å². The van der Waals surface area contributed by atoms with Gasteiger partial charge >= 0.3 is 0 Å². The van der Waals surface area contributed by atoms with Crippen molar-refractivity contribution in [3.05, 3.63) is 65.9 Å². The Hall–Kier alpha value is -3.29. The highest BCUT2D eigenvalue weighted by Crippen LogP contribution is 2.33. The number of rotatable bonds is 3. The normalized spacial score (nSPS) is 19.6. The summed E-state index contributed by atoms with van der Waals surface area (Å²) in [6, 6.07) is 5.30. The quantitative estimate of drug-likeness (QED) is 0.561. The third kappa shape index (κ3) is 3.12. The molecular weight excluding hydrogens is 388 g/mol. The van der Waals surface area contributed by atoms with Crippen LogP contribution >= 0.6 is 0 Å². The van der Waals surface area contributed by atoms with Gasteiger partial charge in [0.05, 0.1) is 29.8 Å². The molecule has 8 heteroatoms. The fourth-order valence-corrected chi connectivity index (χ4v) is 4.33. The van der Waals surface area contributed by atoms with E-state index in [0.29, 0.717) is 19.0 Å². The van der Waals surface area contributed by atoms with E-state index in [4.69, 9.17) is 0 Å². The van der Waals surface area contributed by atoms with Crippen LogP contribution in [0.3, 0.4) is 0 Å². The first-order chi connectivity index (χ1) is 14.5. The van der Waals surface area contributed by atoms with Gasteiger partial charge in [0.2, 0.25) is 5.91 Å². The number of hydrogen-bond donors (Lipinski definition) is 1. The Kier molecular flexibility index (Phi) is 4.49. The lowest BCUT2D eigenvalue weighted by Gasteiger charge is -2.36. The minimum absolute atomic E-state index is 0.0452. The molecule has 0 aliphatic carbocycles. The van der Waals surface area contributed by atoms with Gasteiger partial charge in [0.15, 0.2) is 5.65 Å². The average molecular weight is 409 g/mol. The van der Waals surface area contributed by atoms with Gasteiger partial charge in [0.1, 0.15) is 17.5 Å². The predicted octanol–water partition coefficient (Wildman–Crippen LogP) is 3.68. The predicted molar refractivity (Wildman–Crippen MR) is 108 cm³/mol. The van der Waals surface area contributed by atoms with Crippen molar-refractivity contribution in [1.82, 2.24) is 24.3 Å². The molecule has 1 aliphatic rings. The van der Waals surface area contributed by atoms with Crippen LogP contribution in [0.15, 0.2) is 42.9 Å². The zero-order valence-corrected chi connectivity index (χ0v) is 16.5.